The third-order valence-corrected chi connectivity index (χ3v) is 2.88. The highest BCUT2D eigenvalue weighted by Gasteiger charge is 2.05. The van der Waals surface area contributed by atoms with Crippen LogP contribution in [-0.4, -0.2) is 26.2 Å². The van der Waals surface area contributed by atoms with E-state index < -0.39 is 0 Å². The van der Waals surface area contributed by atoms with Crippen LogP contribution in [0.1, 0.15) is 12.0 Å². The maximum Gasteiger partial charge on any atom is 0.306 e. The average molecular weight is 326 g/mol. The second-order valence-electron chi connectivity index (χ2n) is 3.75. The quantitative estimate of drug-likeness (QED) is 0.474. The molecule has 0 unspecified atom stereocenters. The SMILES string of the molecule is C#CCOc1ccc(Br)cc1CNCCC(=O)OC. The highest BCUT2D eigenvalue weighted by Crippen LogP contribution is 2.23. The summed E-state index contributed by atoms with van der Waals surface area (Å²) in [6.07, 6.45) is 5.51. The molecule has 5 heteroatoms. The van der Waals surface area contributed by atoms with Crippen molar-refractivity contribution in [1.29, 1.82) is 0 Å². The minimum atomic E-state index is -0.231. The van der Waals surface area contributed by atoms with Crippen molar-refractivity contribution in [3.05, 3.63) is 28.2 Å². The number of rotatable bonds is 7. The zero-order valence-electron chi connectivity index (χ0n) is 10.7. The number of hydrogen-bond acceptors (Lipinski definition) is 4. The second-order valence-corrected chi connectivity index (χ2v) is 4.66. The predicted octanol–water partition coefficient (Wildman–Crippen LogP) is 2.11. The first-order chi connectivity index (χ1) is 9.17. The Morgan fingerprint density at radius 1 is 1.53 bits per heavy atom. The van der Waals surface area contributed by atoms with Gasteiger partial charge in [0.25, 0.3) is 0 Å². The van der Waals surface area contributed by atoms with Crippen LogP contribution in [0, 0.1) is 12.3 Å². The van der Waals surface area contributed by atoms with E-state index in [9.17, 15) is 4.79 Å². The first-order valence-electron chi connectivity index (χ1n) is 5.79. The van der Waals surface area contributed by atoms with E-state index in [0.29, 0.717) is 19.5 Å². The Bertz CT molecular complexity index is 468. The third kappa shape index (κ3) is 5.77. The Labute approximate surface area is 121 Å². The second kappa shape index (κ2) is 8.57. The number of esters is 1. The van der Waals surface area contributed by atoms with Gasteiger partial charge in [0.2, 0.25) is 0 Å². The molecular weight excluding hydrogens is 310 g/mol. The number of terminal acetylenes is 1. The van der Waals surface area contributed by atoms with Crippen LogP contribution in [0.15, 0.2) is 22.7 Å². The molecule has 0 saturated heterocycles. The predicted molar refractivity (Wildman–Crippen MR) is 76.8 cm³/mol. The largest absolute Gasteiger partial charge is 0.481 e. The van der Waals surface area contributed by atoms with Crippen LogP contribution in [0.25, 0.3) is 0 Å². The van der Waals surface area contributed by atoms with Gasteiger partial charge in [-0.3, -0.25) is 4.79 Å². The molecule has 102 valence electrons. The van der Waals surface area contributed by atoms with E-state index in [2.05, 4.69) is 31.9 Å². The summed E-state index contributed by atoms with van der Waals surface area (Å²) in [5, 5.41) is 3.16. The van der Waals surface area contributed by atoms with Crippen LogP contribution in [0.5, 0.6) is 5.75 Å². The highest BCUT2D eigenvalue weighted by molar-refractivity contribution is 9.10. The summed E-state index contributed by atoms with van der Waals surface area (Å²) in [5.74, 6) is 2.94. The van der Waals surface area contributed by atoms with Gasteiger partial charge in [-0.05, 0) is 18.2 Å². The highest BCUT2D eigenvalue weighted by atomic mass is 79.9. The summed E-state index contributed by atoms with van der Waals surface area (Å²) in [7, 11) is 1.38. The normalized spacial score (nSPS) is 9.74. The van der Waals surface area contributed by atoms with Gasteiger partial charge >= 0.3 is 5.97 Å². The summed E-state index contributed by atoms with van der Waals surface area (Å²) in [6, 6.07) is 5.71. The van der Waals surface area contributed by atoms with E-state index in [4.69, 9.17) is 11.2 Å². The van der Waals surface area contributed by atoms with E-state index in [1.165, 1.54) is 7.11 Å². The molecule has 1 N–H and O–H groups in total. The molecule has 0 aromatic heterocycles. The lowest BCUT2D eigenvalue weighted by Gasteiger charge is -2.11. The lowest BCUT2D eigenvalue weighted by molar-refractivity contribution is -0.140. The fourth-order valence-electron chi connectivity index (χ4n) is 1.46. The molecule has 0 spiro atoms. The summed E-state index contributed by atoms with van der Waals surface area (Å²) in [6.45, 7) is 1.38. The third-order valence-electron chi connectivity index (χ3n) is 2.38. The van der Waals surface area contributed by atoms with Crippen molar-refractivity contribution in [2.45, 2.75) is 13.0 Å². The molecule has 4 nitrogen and oxygen atoms in total. The summed E-state index contributed by atoms with van der Waals surface area (Å²) in [5.41, 5.74) is 0.981. The van der Waals surface area contributed by atoms with Crippen LogP contribution in [-0.2, 0) is 16.1 Å². The first kappa shape index (κ1) is 15.5. The molecule has 0 fully saturated rings. The van der Waals surface area contributed by atoms with E-state index in [0.717, 1.165) is 15.8 Å². The van der Waals surface area contributed by atoms with Gasteiger partial charge in [0, 0.05) is 23.1 Å². The van der Waals surface area contributed by atoms with Crippen LogP contribution in [0.2, 0.25) is 0 Å². The topological polar surface area (TPSA) is 47.6 Å². The van der Waals surface area contributed by atoms with Gasteiger partial charge in [-0.15, -0.1) is 6.42 Å². The molecule has 0 aliphatic rings. The van der Waals surface area contributed by atoms with Crippen LogP contribution in [0.4, 0.5) is 0 Å². The number of halogens is 1. The number of nitrogens with one attached hydrogen (secondary N) is 1. The van der Waals surface area contributed by atoms with E-state index in [1.54, 1.807) is 0 Å². The molecule has 0 aliphatic carbocycles. The van der Waals surface area contributed by atoms with Crippen LogP contribution >= 0.6 is 15.9 Å². The zero-order valence-corrected chi connectivity index (χ0v) is 12.3. The molecule has 1 aromatic carbocycles. The van der Waals surface area contributed by atoms with Gasteiger partial charge < -0.3 is 14.8 Å². The molecule has 19 heavy (non-hydrogen) atoms. The van der Waals surface area contributed by atoms with Crippen LogP contribution in [0.3, 0.4) is 0 Å². The molecule has 0 saturated carbocycles. The smallest absolute Gasteiger partial charge is 0.306 e. The monoisotopic (exact) mass is 325 g/mol. The van der Waals surface area contributed by atoms with Crippen molar-refractivity contribution >= 4 is 21.9 Å². The molecular formula is C14H16BrNO3. The Balaban J connectivity index is 2.53. The molecule has 0 amide bonds. The average Bonchev–Trinajstić information content (AvgIpc) is 2.42. The molecule has 0 heterocycles. The summed E-state index contributed by atoms with van der Waals surface area (Å²) >= 11 is 3.41. The summed E-state index contributed by atoms with van der Waals surface area (Å²) in [4.78, 5) is 11.0. The van der Waals surface area contributed by atoms with Crippen molar-refractivity contribution in [1.82, 2.24) is 5.32 Å². The minimum Gasteiger partial charge on any atom is -0.481 e. The zero-order chi connectivity index (χ0) is 14.1. The van der Waals surface area contributed by atoms with Crippen molar-refractivity contribution in [3.63, 3.8) is 0 Å². The van der Waals surface area contributed by atoms with Crippen molar-refractivity contribution < 1.29 is 14.3 Å². The van der Waals surface area contributed by atoms with Crippen LogP contribution < -0.4 is 10.1 Å². The van der Waals surface area contributed by atoms with E-state index in [-0.39, 0.29) is 12.6 Å². The molecule has 1 aromatic rings. The molecule has 0 radical (unpaired) electrons. The van der Waals surface area contributed by atoms with Gasteiger partial charge in [0.05, 0.1) is 13.5 Å². The molecule has 0 atom stereocenters. The number of ether oxygens (including phenoxy) is 2. The lowest BCUT2D eigenvalue weighted by Crippen LogP contribution is -2.19. The Hall–Kier alpha value is -1.51. The van der Waals surface area contributed by atoms with Crippen molar-refractivity contribution in [3.8, 4) is 18.1 Å². The minimum absolute atomic E-state index is 0.231. The lowest BCUT2D eigenvalue weighted by atomic mass is 10.2. The van der Waals surface area contributed by atoms with E-state index in [1.807, 2.05) is 18.2 Å². The van der Waals surface area contributed by atoms with Gasteiger partial charge in [-0.1, -0.05) is 21.9 Å². The molecule has 0 bridgehead atoms. The summed E-state index contributed by atoms with van der Waals surface area (Å²) < 4.78 is 11.0. The number of carbonyl (C=O) groups is 1. The first-order valence-corrected chi connectivity index (χ1v) is 6.59. The number of carbonyl (C=O) groups excluding carboxylic acids is 1. The molecule has 1 rings (SSSR count). The fraction of sp³-hybridized carbons (Fsp3) is 0.357. The van der Waals surface area contributed by atoms with Gasteiger partial charge in [0.15, 0.2) is 0 Å². The maximum absolute atomic E-state index is 11.0. The fourth-order valence-corrected chi connectivity index (χ4v) is 1.87. The number of methoxy groups -OCH3 is 1. The Morgan fingerprint density at radius 2 is 2.32 bits per heavy atom. The molecule has 0 aliphatic heterocycles. The van der Waals surface area contributed by atoms with E-state index >= 15 is 0 Å². The van der Waals surface area contributed by atoms with Gasteiger partial charge in [-0.25, -0.2) is 0 Å². The van der Waals surface area contributed by atoms with Crippen molar-refractivity contribution in [2.75, 3.05) is 20.3 Å². The van der Waals surface area contributed by atoms with Gasteiger partial charge in [-0.2, -0.15) is 0 Å². The van der Waals surface area contributed by atoms with Gasteiger partial charge in [0.1, 0.15) is 12.4 Å². The number of hydrogen-bond donors (Lipinski definition) is 1. The Morgan fingerprint density at radius 3 is 3.00 bits per heavy atom. The number of benzene rings is 1. The van der Waals surface area contributed by atoms with Crippen molar-refractivity contribution in [2.24, 2.45) is 0 Å². The maximum atomic E-state index is 11.0. The standard InChI is InChI=1S/C14H16BrNO3/c1-3-8-19-13-5-4-12(15)9-11(13)10-16-7-6-14(17)18-2/h1,4-5,9,16H,6-8,10H2,2H3. The Kier molecular flexibility index (Phi) is 7.01.